The average molecular weight is 1140 g/mol. The van der Waals surface area contributed by atoms with Gasteiger partial charge < -0.3 is 121 Å². The summed E-state index contributed by atoms with van der Waals surface area (Å²) in [7, 11) is 2.69. The Balaban J connectivity index is 2.06. The molecule has 0 unspecified atom stereocenters. The molecular formula is C47H82N10O22. The molecule has 2 heterocycles. The molecule has 32 heteroatoms. The molecule has 2 rings (SSSR count). The molecular weight excluding hydrogens is 1060 g/mol. The molecule has 2 aliphatic heterocycles. The highest BCUT2D eigenvalue weighted by atomic mass is 16.6. The van der Waals surface area contributed by atoms with Crippen molar-refractivity contribution in [3.8, 4) is 0 Å². The van der Waals surface area contributed by atoms with Gasteiger partial charge in [-0.15, -0.1) is 0 Å². The number of aliphatic imine (C=N–C) groups is 2. The molecule has 0 radical (unpaired) electrons. The Labute approximate surface area is 457 Å². The number of ether oxygens (including phenoxy) is 10. The van der Waals surface area contributed by atoms with E-state index in [4.69, 9.17) is 70.3 Å². The first-order valence-electron chi connectivity index (χ1n) is 25.4. The number of carbonyl (C=O) groups is 6. The van der Waals surface area contributed by atoms with Gasteiger partial charge in [0.25, 0.3) is 0 Å². The number of carboxylic acid groups (broad SMARTS) is 2. The number of aliphatic hydroxyl groups excluding tert-OH is 4. The number of carboxylic acids is 2. The molecule has 0 fully saturated rings. The number of nitrogens with two attached hydrogens (primary N) is 4. The third-order valence-electron chi connectivity index (χ3n) is 11.6. The number of hydrogen-bond donors (Lipinski definition) is 11. The maximum absolute atomic E-state index is 13.5. The van der Waals surface area contributed by atoms with Crippen LogP contribution in [-0.4, -0.2) is 281 Å². The molecule has 0 aromatic carbocycles. The fourth-order valence-corrected chi connectivity index (χ4v) is 7.48. The number of rotatable bonds is 39. The van der Waals surface area contributed by atoms with Crippen molar-refractivity contribution in [1.29, 1.82) is 0 Å². The van der Waals surface area contributed by atoms with Crippen molar-refractivity contribution in [2.45, 2.75) is 88.4 Å². The van der Waals surface area contributed by atoms with Crippen LogP contribution in [0.5, 0.6) is 0 Å². The number of carbonyl (C=O) groups excluding carboxylic acids is 4. The van der Waals surface area contributed by atoms with Crippen LogP contribution >= 0.6 is 0 Å². The lowest BCUT2D eigenvalue weighted by molar-refractivity contribution is -0.148. The highest BCUT2D eigenvalue weighted by Crippen LogP contribution is 2.31. The van der Waals surface area contributed by atoms with Gasteiger partial charge in [-0.3, -0.25) is 9.59 Å². The van der Waals surface area contributed by atoms with Crippen LogP contribution < -0.4 is 28.3 Å². The first-order valence-corrected chi connectivity index (χ1v) is 25.4. The third kappa shape index (κ3) is 25.5. The lowest BCUT2D eigenvalue weighted by atomic mass is 9.87. The monoisotopic (exact) mass is 1140 g/mol. The Bertz CT molecular complexity index is 2010. The predicted octanol–water partition coefficient (Wildman–Crippen LogP) is -4.55. The smallest absolute Gasteiger partial charge is 0.410 e. The van der Waals surface area contributed by atoms with E-state index in [9.17, 15) is 59.4 Å². The highest BCUT2D eigenvalue weighted by Gasteiger charge is 2.47. The van der Waals surface area contributed by atoms with E-state index < -0.39 is 121 Å². The number of amides is 4. The molecule has 0 saturated heterocycles. The highest BCUT2D eigenvalue weighted by molar-refractivity contribution is 5.86. The molecule has 0 aromatic rings. The molecule has 0 aromatic heterocycles. The Hall–Kier alpha value is -6.36. The summed E-state index contributed by atoms with van der Waals surface area (Å²) in [6, 6.07) is -3.50. The molecule has 79 heavy (non-hydrogen) atoms. The number of nitrogens with zero attached hydrogens (tertiary/aromatic N) is 5. The second-order valence-corrected chi connectivity index (χ2v) is 17.9. The first kappa shape index (κ1) is 68.7. The maximum atomic E-state index is 13.5. The number of aliphatic carboxylic acids is 2. The molecule has 0 saturated carbocycles. The normalized spacial score (nSPS) is 20.3. The summed E-state index contributed by atoms with van der Waals surface area (Å²) in [6.07, 6.45) is -8.84. The fraction of sp³-hybridized carbons (Fsp3) is 0.745. The van der Waals surface area contributed by atoms with Crippen LogP contribution in [0.3, 0.4) is 0 Å². The van der Waals surface area contributed by atoms with Crippen molar-refractivity contribution in [2.75, 3.05) is 133 Å². The summed E-state index contributed by atoms with van der Waals surface area (Å²) in [5.41, 5.74) is 22.2. The van der Waals surface area contributed by atoms with Crippen LogP contribution in [0.2, 0.25) is 0 Å². The Kier molecular flexibility index (Phi) is 32.6. The molecule has 0 aliphatic carbocycles. The minimum Gasteiger partial charge on any atom is -0.479 e. The topological polar surface area (TPSA) is 467 Å². The summed E-state index contributed by atoms with van der Waals surface area (Å²) >= 11 is 0. The SMILES string of the molecule is CCCOCCOCCOCCOCCC(=O)N(CCOCCN(C)C(=O)O[C@@H]([C@@H]1OC(C(=O)O)=C[C@H](N=C(N)N)[C@H]1C)[C@H](O)CO)CCOCCN(C)C(=O)O[C@@H]([C@@H]1OC(C(=O)O)=C[C@H](N=C(N)N)[C@H]1NC(C)=O)[C@H](O)CO. The van der Waals surface area contributed by atoms with Crippen molar-refractivity contribution in [3.05, 3.63) is 23.7 Å². The first-order chi connectivity index (χ1) is 37.6. The van der Waals surface area contributed by atoms with E-state index in [0.29, 0.717) is 33.0 Å². The molecule has 452 valence electrons. The van der Waals surface area contributed by atoms with Gasteiger partial charge in [-0.2, -0.15) is 0 Å². The van der Waals surface area contributed by atoms with Gasteiger partial charge in [0.05, 0.1) is 110 Å². The van der Waals surface area contributed by atoms with Crippen LogP contribution in [0, 0.1) is 5.92 Å². The largest absolute Gasteiger partial charge is 0.479 e. The predicted molar refractivity (Wildman–Crippen MR) is 276 cm³/mol. The van der Waals surface area contributed by atoms with E-state index in [1.54, 1.807) is 6.92 Å². The van der Waals surface area contributed by atoms with Gasteiger partial charge in [0.2, 0.25) is 23.3 Å². The number of hydrogen-bond acceptors (Lipinski definition) is 22. The van der Waals surface area contributed by atoms with E-state index in [1.165, 1.54) is 25.1 Å². The van der Waals surface area contributed by atoms with E-state index in [1.807, 2.05) is 6.92 Å². The van der Waals surface area contributed by atoms with E-state index >= 15 is 0 Å². The van der Waals surface area contributed by atoms with Crippen LogP contribution in [0.1, 0.15) is 33.6 Å². The van der Waals surface area contributed by atoms with Gasteiger partial charge >= 0.3 is 24.1 Å². The minimum absolute atomic E-state index is 0.0225. The summed E-state index contributed by atoms with van der Waals surface area (Å²) < 4.78 is 55.7. The maximum Gasteiger partial charge on any atom is 0.410 e. The van der Waals surface area contributed by atoms with Crippen LogP contribution in [-0.2, 0) is 66.5 Å². The van der Waals surface area contributed by atoms with Gasteiger partial charge in [0.15, 0.2) is 30.2 Å². The second kappa shape index (κ2) is 37.5. The lowest BCUT2D eigenvalue weighted by Crippen LogP contribution is -2.61. The zero-order valence-corrected chi connectivity index (χ0v) is 45.3. The lowest BCUT2D eigenvalue weighted by Gasteiger charge is -2.40. The van der Waals surface area contributed by atoms with Gasteiger partial charge in [0.1, 0.15) is 18.3 Å². The summed E-state index contributed by atoms with van der Waals surface area (Å²) in [5, 5.41) is 63.1. The van der Waals surface area contributed by atoms with Gasteiger partial charge in [0, 0.05) is 59.7 Å². The summed E-state index contributed by atoms with van der Waals surface area (Å²) in [5.74, 6) is -6.85. The van der Waals surface area contributed by atoms with Gasteiger partial charge in [-0.25, -0.2) is 29.2 Å². The van der Waals surface area contributed by atoms with Crippen molar-refractivity contribution in [2.24, 2.45) is 38.8 Å². The second-order valence-electron chi connectivity index (χ2n) is 17.9. The molecule has 32 nitrogen and oxygen atoms in total. The quantitative estimate of drug-likeness (QED) is 0.0157. The Morgan fingerprint density at radius 1 is 0.620 bits per heavy atom. The molecule has 2 aliphatic rings. The van der Waals surface area contributed by atoms with Crippen LogP contribution in [0.15, 0.2) is 33.7 Å². The number of likely N-dealkylation sites (N-methyl/N-ethyl adjacent to an activating group) is 2. The van der Waals surface area contributed by atoms with E-state index in [-0.39, 0.29) is 90.7 Å². The third-order valence-corrected chi connectivity index (χ3v) is 11.6. The van der Waals surface area contributed by atoms with Crippen molar-refractivity contribution in [1.82, 2.24) is 20.0 Å². The van der Waals surface area contributed by atoms with E-state index in [0.717, 1.165) is 29.2 Å². The number of aliphatic hydroxyl groups is 4. The molecule has 15 N–H and O–H groups in total. The zero-order valence-electron chi connectivity index (χ0n) is 45.3. The zero-order chi connectivity index (χ0) is 59.0. The fourth-order valence-electron chi connectivity index (χ4n) is 7.48. The molecule has 0 bridgehead atoms. The Morgan fingerprint density at radius 3 is 1.44 bits per heavy atom. The van der Waals surface area contributed by atoms with Crippen molar-refractivity contribution >= 4 is 47.9 Å². The summed E-state index contributed by atoms with van der Waals surface area (Å²) in [4.78, 5) is 87.7. The van der Waals surface area contributed by atoms with E-state index in [2.05, 4.69) is 15.3 Å². The van der Waals surface area contributed by atoms with Crippen molar-refractivity contribution in [3.63, 3.8) is 0 Å². The van der Waals surface area contributed by atoms with Crippen LogP contribution in [0.25, 0.3) is 0 Å². The minimum atomic E-state index is -1.85. The standard InChI is InChI=1S/C47H82N10O22/c1-6-12-70-18-20-74-22-23-75-21-19-71-13-7-36(63)57(10-16-72-14-8-55(4)46(68)78-39(32(61)26-58)38-28(2)30(53-44(48)49)24-34(76-38)42(64)65)11-17-73-15-9-56(5)47(69)79-40(33(62)27-59)41-37(52-29(3)60)31(54-45(50)51)25-35(77-41)43(66)67/h24-25,28,30-33,37-41,58-59,61-62H,6-23,26-27H2,1-5H3,(H,52,60)(H,64,65)(H,66,67)(H4,48,49,53)(H4,50,51,54)/t28-,30+,31+,32-,33-,37-,38-,39-,40-,41-/m1/s1. The van der Waals surface area contributed by atoms with Crippen molar-refractivity contribution < 1.29 is 107 Å². The number of guanidine groups is 2. The van der Waals surface area contributed by atoms with Crippen LogP contribution in [0.4, 0.5) is 9.59 Å². The number of nitrogens with one attached hydrogen (secondary N) is 1. The average Bonchev–Trinajstić information content (AvgIpc) is 3.41. The molecule has 10 atom stereocenters. The summed E-state index contributed by atoms with van der Waals surface area (Å²) in [6.45, 7) is 5.37. The molecule has 4 amide bonds. The van der Waals surface area contributed by atoms with Gasteiger partial charge in [-0.05, 0) is 18.6 Å². The Morgan fingerprint density at radius 2 is 1.01 bits per heavy atom. The molecule has 0 spiro atoms. The van der Waals surface area contributed by atoms with Gasteiger partial charge in [-0.1, -0.05) is 13.8 Å².